The highest BCUT2D eigenvalue weighted by Gasteiger charge is 2.17. The molecule has 0 amide bonds. The Balaban J connectivity index is 2.51. The van der Waals surface area contributed by atoms with Crippen LogP contribution >= 0.6 is 43.5 Å². The van der Waals surface area contributed by atoms with E-state index in [9.17, 15) is 0 Å². The number of benzene rings is 2. The van der Waals surface area contributed by atoms with Crippen molar-refractivity contribution in [3.05, 3.63) is 61.5 Å². The molecule has 2 aromatic rings. The van der Waals surface area contributed by atoms with Gasteiger partial charge in [0.15, 0.2) is 0 Å². The number of rotatable bonds is 3. The van der Waals surface area contributed by atoms with Crippen molar-refractivity contribution in [2.24, 2.45) is 5.73 Å². The molecule has 2 rings (SSSR count). The quantitative estimate of drug-likeness (QED) is 0.787. The summed E-state index contributed by atoms with van der Waals surface area (Å²) < 4.78 is 7.24. The molecule has 2 nitrogen and oxygen atoms in total. The Bertz CT molecular complexity index is 604. The van der Waals surface area contributed by atoms with E-state index in [1.165, 1.54) is 0 Å². The van der Waals surface area contributed by atoms with Gasteiger partial charge in [-0.2, -0.15) is 0 Å². The first-order chi connectivity index (χ1) is 9.02. The lowest BCUT2D eigenvalue weighted by Gasteiger charge is -2.18. The number of halogens is 3. The summed E-state index contributed by atoms with van der Waals surface area (Å²) in [6.07, 6.45) is 0. The molecule has 19 heavy (non-hydrogen) atoms. The van der Waals surface area contributed by atoms with Crippen molar-refractivity contribution < 1.29 is 4.74 Å². The highest BCUT2D eigenvalue weighted by Crippen LogP contribution is 2.35. The highest BCUT2D eigenvalue weighted by atomic mass is 79.9. The first kappa shape index (κ1) is 14.9. The van der Waals surface area contributed by atoms with Crippen LogP contribution in [0.3, 0.4) is 0 Å². The van der Waals surface area contributed by atoms with Gasteiger partial charge < -0.3 is 10.5 Å². The molecule has 0 aromatic heterocycles. The SMILES string of the molecule is COc1ccc(Br)cc1C(N)c1cc(Cl)ccc1Br. The Morgan fingerprint density at radius 3 is 2.53 bits per heavy atom. The molecule has 1 atom stereocenters. The maximum atomic E-state index is 6.34. The molecule has 2 aromatic carbocycles. The van der Waals surface area contributed by atoms with Crippen LogP contribution in [0.5, 0.6) is 5.75 Å². The van der Waals surface area contributed by atoms with E-state index in [-0.39, 0.29) is 6.04 Å². The van der Waals surface area contributed by atoms with E-state index in [1.807, 2.05) is 36.4 Å². The molecule has 0 fully saturated rings. The van der Waals surface area contributed by atoms with E-state index in [0.717, 1.165) is 25.8 Å². The summed E-state index contributed by atoms with van der Waals surface area (Å²) in [5.74, 6) is 0.752. The molecule has 0 aliphatic heterocycles. The lowest BCUT2D eigenvalue weighted by molar-refractivity contribution is 0.407. The van der Waals surface area contributed by atoms with E-state index in [0.29, 0.717) is 5.02 Å². The number of nitrogens with two attached hydrogens (primary N) is 1. The first-order valence-electron chi connectivity index (χ1n) is 5.57. The first-order valence-corrected chi connectivity index (χ1v) is 7.53. The molecule has 100 valence electrons. The molecule has 1 unspecified atom stereocenters. The van der Waals surface area contributed by atoms with Crippen LogP contribution in [0, 0.1) is 0 Å². The van der Waals surface area contributed by atoms with Gasteiger partial charge in [-0.05, 0) is 42.0 Å². The molecule has 2 N–H and O–H groups in total. The van der Waals surface area contributed by atoms with E-state index >= 15 is 0 Å². The van der Waals surface area contributed by atoms with Gasteiger partial charge in [-0.1, -0.05) is 43.5 Å². The second-order valence-electron chi connectivity index (χ2n) is 4.03. The third-order valence-corrected chi connectivity index (χ3v) is 4.27. The topological polar surface area (TPSA) is 35.2 Å². The van der Waals surface area contributed by atoms with Gasteiger partial charge in [-0.3, -0.25) is 0 Å². The fraction of sp³-hybridized carbons (Fsp3) is 0.143. The number of hydrogen-bond acceptors (Lipinski definition) is 2. The third kappa shape index (κ3) is 3.31. The Morgan fingerprint density at radius 1 is 1.11 bits per heavy atom. The summed E-state index contributed by atoms with van der Waals surface area (Å²) in [7, 11) is 1.63. The number of methoxy groups -OCH3 is 1. The summed E-state index contributed by atoms with van der Waals surface area (Å²) in [5.41, 5.74) is 8.16. The zero-order chi connectivity index (χ0) is 14.0. The third-order valence-electron chi connectivity index (χ3n) is 2.82. The van der Waals surface area contributed by atoms with Gasteiger partial charge >= 0.3 is 0 Å². The molecule has 0 heterocycles. The highest BCUT2D eigenvalue weighted by molar-refractivity contribution is 9.10. The second-order valence-corrected chi connectivity index (χ2v) is 6.24. The molecule has 0 bridgehead atoms. The molecule has 5 heteroatoms. The zero-order valence-electron chi connectivity index (χ0n) is 10.2. The standard InChI is InChI=1S/C14H12Br2ClNO/c1-19-13-5-2-8(15)6-11(13)14(18)10-7-9(17)3-4-12(10)16/h2-7,14H,18H2,1H3. The van der Waals surface area contributed by atoms with Gasteiger partial charge in [0, 0.05) is 19.5 Å². The monoisotopic (exact) mass is 403 g/mol. The number of ether oxygens (including phenoxy) is 1. The van der Waals surface area contributed by atoms with E-state index in [1.54, 1.807) is 7.11 Å². The minimum atomic E-state index is -0.319. The van der Waals surface area contributed by atoms with E-state index < -0.39 is 0 Å². The minimum absolute atomic E-state index is 0.319. The fourth-order valence-electron chi connectivity index (χ4n) is 1.87. The van der Waals surface area contributed by atoms with Crippen molar-refractivity contribution in [2.45, 2.75) is 6.04 Å². The second kappa shape index (κ2) is 6.27. The molecular formula is C14H12Br2ClNO. The van der Waals surface area contributed by atoms with Crippen LogP contribution in [-0.4, -0.2) is 7.11 Å². The van der Waals surface area contributed by atoms with Crippen molar-refractivity contribution in [3.63, 3.8) is 0 Å². The summed E-state index contributed by atoms with van der Waals surface area (Å²) in [6.45, 7) is 0. The van der Waals surface area contributed by atoms with Gasteiger partial charge in [0.25, 0.3) is 0 Å². The van der Waals surface area contributed by atoms with Gasteiger partial charge in [0.2, 0.25) is 0 Å². The predicted octanol–water partition coefficient (Wildman–Crippen LogP) is 4.92. The summed E-state index contributed by atoms with van der Waals surface area (Å²) in [6, 6.07) is 11.0. The van der Waals surface area contributed by atoms with Crippen molar-refractivity contribution in [2.75, 3.05) is 7.11 Å². The molecule has 0 aliphatic rings. The maximum absolute atomic E-state index is 6.34. The zero-order valence-corrected chi connectivity index (χ0v) is 14.1. The van der Waals surface area contributed by atoms with Gasteiger partial charge in [0.05, 0.1) is 13.2 Å². The van der Waals surface area contributed by atoms with Crippen LogP contribution in [0.1, 0.15) is 17.2 Å². The van der Waals surface area contributed by atoms with Gasteiger partial charge in [-0.15, -0.1) is 0 Å². The van der Waals surface area contributed by atoms with Crippen LogP contribution in [0.15, 0.2) is 45.3 Å². The summed E-state index contributed by atoms with van der Waals surface area (Å²) in [4.78, 5) is 0. The van der Waals surface area contributed by atoms with Crippen molar-refractivity contribution in [3.8, 4) is 5.75 Å². The van der Waals surface area contributed by atoms with Crippen LogP contribution in [-0.2, 0) is 0 Å². The summed E-state index contributed by atoms with van der Waals surface area (Å²) >= 11 is 13.0. The van der Waals surface area contributed by atoms with Crippen LogP contribution in [0.4, 0.5) is 0 Å². The molecule has 0 saturated heterocycles. The Morgan fingerprint density at radius 2 is 1.84 bits per heavy atom. The Labute approximate surface area is 134 Å². The normalized spacial score (nSPS) is 12.3. The smallest absolute Gasteiger partial charge is 0.124 e. The maximum Gasteiger partial charge on any atom is 0.124 e. The van der Waals surface area contributed by atoms with Crippen LogP contribution in [0.2, 0.25) is 5.02 Å². The van der Waals surface area contributed by atoms with Crippen molar-refractivity contribution >= 4 is 43.5 Å². The Hall–Kier alpha value is -0.550. The molecule has 0 spiro atoms. The molecular weight excluding hydrogens is 393 g/mol. The molecule has 0 radical (unpaired) electrons. The predicted molar refractivity (Wildman–Crippen MR) is 85.9 cm³/mol. The van der Waals surface area contributed by atoms with Crippen LogP contribution < -0.4 is 10.5 Å². The van der Waals surface area contributed by atoms with E-state index in [4.69, 9.17) is 22.1 Å². The van der Waals surface area contributed by atoms with Crippen molar-refractivity contribution in [1.82, 2.24) is 0 Å². The van der Waals surface area contributed by atoms with Crippen LogP contribution in [0.25, 0.3) is 0 Å². The van der Waals surface area contributed by atoms with Gasteiger partial charge in [0.1, 0.15) is 5.75 Å². The molecule has 0 aliphatic carbocycles. The average molecular weight is 406 g/mol. The lowest BCUT2D eigenvalue weighted by atomic mass is 9.99. The van der Waals surface area contributed by atoms with Gasteiger partial charge in [-0.25, -0.2) is 0 Å². The average Bonchev–Trinajstić information content (AvgIpc) is 2.40. The lowest BCUT2D eigenvalue weighted by Crippen LogP contribution is -2.13. The van der Waals surface area contributed by atoms with Crippen molar-refractivity contribution in [1.29, 1.82) is 0 Å². The molecule has 0 saturated carbocycles. The number of hydrogen-bond donors (Lipinski definition) is 1. The summed E-state index contributed by atoms with van der Waals surface area (Å²) in [5, 5.41) is 0.655. The minimum Gasteiger partial charge on any atom is -0.496 e. The largest absolute Gasteiger partial charge is 0.496 e. The Kier molecular flexibility index (Phi) is 4.90. The fourth-order valence-corrected chi connectivity index (χ4v) is 2.92. The van der Waals surface area contributed by atoms with E-state index in [2.05, 4.69) is 31.9 Å².